The van der Waals surface area contributed by atoms with Crippen LogP contribution < -0.4 is 0 Å². The van der Waals surface area contributed by atoms with Crippen molar-refractivity contribution in [2.24, 2.45) is 5.92 Å². The van der Waals surface area contributed by atoms with Gasteiger partial charge in [-0.1, -0.05) is 40.5 Å². The first-order chi connectivity index (χ1) is 4.66. The van der Waals surface area contributed by atoms with Crippen molar-refractivity contribution in [2.75, 3.05) is 0 Å². The van der Waals surface area contributed by atoms with Crippen molar-refractivity contribution in [3.8, 4) is 0 Å². The van der Waals surface area contributed by atoms with Crippen LogP contribution in [0.5, 0.6) is 0 Å². The van der Waals surface area contributed by atoms with Crippen molar-refractivity contribution < 1.29 is 0 Å². The first-order valence-corrected chi connectivity index (χ1v) is 4.23. The molecule has 0 aromatic heterocycles. The minimum atomic E-state index is 0.876. The Bertz CT molecular complexity index is 64.4. The molecule has 2 radical (unpaired) electrons. The lowest BCUT2D eigenvalue weighted by atomic mass is 9.94. The van der Waals surface area contributed by atoms with Gasteiger partial charge >= 0.3 is 0 Å². The van der Waals surface area contributed by atoms with Crippen molar-refractivity contribution in [2.45, 2.75) is 47.0 Å². The zero-order chi connectivity index (χ0) is 7.98. The van der Waals surface area contributed by atoms with Gasteiger partial charge in [0.1, 0.15) is 0 Å². The first kappa shape index (κ1) is 10.0. The molecule has 0 aromatic carbocycles. The molecule has 0 bridgehead atoms. The highest BCUT2D eigenvalue weighted by molar-refractivity contribution is 4.79. The maximum absolute atomic E-state index is 2.33. The molecular weight excluding hydrogens is 120 g/mol. The Morgan fingerprint density at radius 2 is 2.00 bits per heavy atom. The standard InChI is InChI=1S/C10H20/c1-5-6-7-10(4)8-9(2)3/h5,10H,6-8H2,1-4H3. The van der Waals surface area contributed by atoms with Crippen LogP contribution in [0.2, 0.25) is 0 Å². The summed E-state index contributed by atoms with van der Waals surface area (Å²) in [5.41, 5.74) is 0. The average Bonchev–Trinajstić information content (AvgIpc) is 1.82. The van der Waals surface area contributed by atoms with Crippen LogP contribution in [0.1, 0.15) is 47.0 Å². The second kappa shape index (κ2) is 5.76. The molecule has 0 amide bonds. The summed E-state index contributed by atoms with van der Waals surface area (Å²) in [6.45, 7) is 8.89. The average molecular weight is 140 g/mol. The molecule has 0 heteroatoms. The van der Waals surface area contributed by atoms with Gasteiger partial charge in [-0.2, -0.15) is 0 Å². The zero-order valence-electron chi connectivity index (χ0n) is 7.78. The summed E-state index contributed by atoms with van der Waals surface area (Å²) in [7, 11) is 0. The highest BCUT2D eigenvalue weighted by Crippen LogP contribution is 2.17. The smallest absolute Gasteiger partial charge is 0.0300 e. The minimum absolute atomic E-state index is 0.876. The van der Waals surface area contributed by atoms with Crippen molar-refractivity contribution in [1.82, 2.24) is 0 Å². The van der Waals surface area contributed by atoms with Crippen LogP contribution in [0.25, 0.3) is 0 Å². The number of unbranched alkanes of at least 4 members (excludes halogenated alkanes) is 1. The molecule has 0 rings (SSSR count). The number of hydrogen-bond acceptors (Lipinski definition) is 0. The van der Waals surface area contributed by atoms with Crippen molar-refractivity contribution in [1.29, 1.82) is 0 Å². The van der Waals surface area contributed by atoms with Crippen LogP contribution in [-0.4, -0.2) is 0 Å². The summed E-state index contributed by atoms with van der Waals surface area (Å²) in [5, 5.41) is 0. The molecule has 60 valence electrons. The van der Waals surface area contributed by atoms with Gasteiger partial charge in [-0.15, -0.1) is 0 Å². The van der Waals surface area contributed by atoms with E-state index < -0.39 is 0 Å². The highest BCUT2D eigenvalue weighted by Gasteiger charge is 2.03. The van der Waals surface area contributed by atoms with E-state index in [-0.39, 0.29) is 0 Å². The fourth-order valence-electron chi connectivity index (χ4n) is 1.25. The predicted octanol–water partition coefficient (Wildman–Crippen LogP) is 3.63. The maximum atomic E-state index is 2.33. The summed E-state index contributed by atoms with van der Waals surface area (Å²) < 4.78 is 0. The van der Waals surface area contributed by atoms with E-state index in [1.54, 1.807) is 5.92 Å². The van der Waals surface area contributed by atoms with E-state index >= 15 is 0 Å². The third kappa shape index (κ3) is 6.12. The van der Waals surface area contributed by atoms with Gasteiger partial charge in [-0.05, 0) is 24.7 Å². The van der Waals surface area contributed by atoms with Crippen LogP contribution in [0.15, 0.2) is 0 Å². The summed E-state index contributed by atoms with van der Waals surface area (Å²) in [6, 6.07) is 0. The van der Waals surface area contributed by atoms with E-state index in [9.17, 15) is 0 Å². The molecule has 1 unspecified atom stereocenters. The molecule has 0 saturated carbocycles. The molecule has 0 nitrogen and oxygen atoms in total. The van der Waals surface area contributed by atoms with E-state index in [2.05, 4.69) is 34.1 Å². The lowest BCUT2D eigenvalue weighted by Crippen LogP contribution is -1.98. The molecule has 0 aliphatic rings. The Kier molecular flexibility index (Phi) is 5.76. The van der Waals surface area contributed by atoms with Crippen molar-refractivity contribution in [3.05, 3.63) is 12.3 Å². The van der Waals surface area contributed by atoms with E-state index in [0.29, 0.717) is 0 Å². The molecule has 0 aliphatic carbocycles. The molecule has 1 atom stereocenters. The Morgan fingerprint density at radius 3 is 2.40 bits per heavy atom. The lowest BCUT2D eigenvalue weighted by molar-refractivity contribution is 0.501. The molecule has 0 saturated heterocycles. The first-order valence-electron chi connectivity index (χ1n) is 4.23. The quantitative estimate of drug-likeness (QED) is 0.547. The third-order valence-corrected chi connectivity index (χ3v) is 1.70. The van der Waals surface area contributed by atoms with Crippen LogP contribution >= 0.6 is 0 Å². The second-order valence-corrected chi connectivity index (χ2v) is 3.50. The third-order valence-electron chi connectivity index (χ3n) is 1.70. The van der Waals surface area contributed by atoms with Gasteiger partial charge < -0.3 is 0 Å². The summed E-state index contributed by atoms with van der Waals surface area (Å²) in [5.74, 6) is 2.44. The fraction of sp³-hybridized carbons (Fsp3) is 0.800. The van der Waals surface area contributed by atoms with Crippen LogP contribution in [0.3, 0.4) is 0 Å². The monoisotopic (exact) mass is 140 g/mol. The molecule has 0 heterocycles. The largest absolute Gasteiger partial charge is 0.0625 e. The van der Waals surface area contributed by atoms with E-state index in [4.69, 9.17) is 0 Å². The number of rotatable bonds is 5. The van der Waals surface area contributed by atoms with Crippen LogP contribution in [0.4, 0.5) is 0 Å². The molecule has 0 spiro atoms. The Balaban J connectivity index is 3.16. The predicted molar refractivity (Wildman–Crippen MR) is 47.6 cm³/mol. The second-order valence-electron chi connectivity index (χ2n) is 3.50. The van der Waals surface area contributed by atoms with E-state index in [0.717, 1.165) is 5.92 Å². The molecule has 0 fully saturated rings. The van der Waals surface area contributed by atoms with Gasteiger partial charge in [0, 0.05) is 0 Å². The maximum Gasteiger partial charge on any atom is -0.0300 e. The fourth-order valence-corrected chi connectivity index (χ4v) is 1.25. The van der Waals surface area contributed by atoms with Gasteiger partial charge in [0.25, 0.3) is 0 Å². The normalized spacial score (nSPS) is 14.1. The van der Waals surface area contributed by atoms with Gasteiger partial charge in [0.2, 0.25) is 0 Å². The van der Waals surface area contributed by atoms with Gasteiger partial charge in [0.05, 0.1) is 0 Å². The summed E-state index contributed by atoms with van der Waals surface area (Å²) in [6.07, 6.45) is 6.17. The van der Waals surface area contributed by atoms with Gasteiger partial charge in [-0.3, -0.25) is 0 Å². The molecule has 10 heavy (non-hydrogen) atoms. The van der Waals surface area contributed by atoms with Crippen molar-refractivity contribution in [3.63, 3.8) is 0 Å². The van der Waals surface area contributed by atoms with Gasteiger partial charge in [-0.25, -0.2) is 0 Å². The topological polar surface area (TPSA) is 0 Å². The Hall–Kier alpha value is 0. The summed E-state index contributed by atoms with van der Waals surface area (Å²) >= 11 is 0. The van der Waals surface area contributed by atoms with E-state index in [1.807, 2.05) is 0 Å². The Morgan fingerprint density at radius 1 is 1.40 bits per heavy atom. The molecule has 0 aliphatic heterocycles. The minimum Gasteiger partial charge on any atom is -0.0625 e. The Labute approximate surface area is 66.0 Å². The molecule has 0 N–H and O–H groups in total. The van der Waals surface area contributed by atoms with E-state index in [1.165, 1.54) is 19.3 Å². The highest BCUT2D eigenvalue weighted by atomic mass is 14.1. The van der Waals surface area contributed by atoms with Gasteiger partial charge in [0.15, 0.2) is 0 Å². The van der Waals surface area contributed by atoms with Crippen molar-refractivity contribution >= 4 is 0 Å². The molecular formula is C10H20. The molecule has 0 aromatic rings. The zero-order valence-corrected chi connectivity index (χ0v) is 7.78. The summed E-state index contributed by atoms with van der Waals surface area (Å²) in [4.78, 5) is 0. The lowest BCUT2D eigenvalue weighted by Gasteiger charge is -2.11. The number of hydrogen-bond donors (Lipinski definition) is 0. The van der Waals surface area contributed by atoms with Crippen LogP contribution in [-0.2, 0) is 0 Å². The van der Waals surface area contributed by atoms with Crippen LogP contribution in [0, 0.1) is 18.3 Å². The SMILES string of the molecule is C[CH]CCC(C)C[C](C)C.